The number of nitrogens with one attached hydrogen (secondary N) is 1. The van der Waals surface area contributed by atoms with Crippen LogP contribution in [-0.2, 0) is 11.2 Å². The molecule has 0 fully saturated rings. The molecule has 3 nitrogen and oxygen atoms in total. The van der Waals surface area contributed by atoms with E-state index >= 15 is 8.78 Å². The van der Waals surface area contributed by atoms with Gasteiger partial charge in [-0.25, -0.2) is 8.78 Å². The second kappa shape index (κ2) is 7.13. The van der Waals surface area contributed by atoms with Gasteiger partial charge in [-0.2, -0.15) is 0 Å². The van der Waals surface area contributed by atoms with Gasteiger partial charge in [-0.05, 0) is 59.7 Å². The summed E-state index contributed by atoms with van der Waals surface area (Å²) in [5.74, 6) is -1.64. The van der Waals surface area contributed by atoms with Crippen molar-refractivity contribution in [2.45, 2.75) is 39.3 Å². The van der Waals surface area contributed by atoms with Crippen molar-refractivity contribution in [1.29, 1.82) is 0 Å². The molecular formula is C22H21F2IN2O. The van der Waals surface area contributed by atoms with Crippen molar-refractivity contribution in [2.24, 2.45) is 5.92 Å². The van der Waals surface area contributed by atoms with Crippen molar-refractivity contribution < 1.29 is 13.6 Å². The summed E-state index contributed by atoms with van der Waals surface area (Å²) in [5.41, 5.74) is 2.56. The highest BCUT2D eigenvalue weighted by Gasteiger charge is 2.41. The SMILES string of the molecule is CC(C)C(=O)N1C(c2c(F)cc(I)cc2F)c2[nH]c3ccccc3c2C[C@H]1C. The smallest absolute Gasteiger partial charge is 0.226 e. The first-order valence-corrected chi connectivity index (χ1v) is 10.4. The van der Waals surface area contributed by atoms with Crippen molar-refractivity contribution in [3.63, 3.8) is 0 Å². The van der Waals surface area contributed by atoms with E-state index in [-0.39, 0.29) is 23.4 Å². The Balaban J connectivity index is 2.02. The highest BCUT2D eigenvalue weighted by Crippen LogP contribution is 2.43. The first kappa shape index (κ1) is 19.4. The standard InChI is InChI=1S/C22H21F2IN2O/c1-11(2)22(28)27-12(3)8-15-14-6-4-5-7-18(14)26-20(15)21(27)19-16(23)9-13(25)10-17(19)24/h4-7,9-12,21,26H,8H2,1-3H3/t12-,21?/m1/s1. The lowest BCUT2D eigenvalue weighted by Gasteiger charge is -2.42. The van der Waals surface area contributed by atoms with Crippen LogP contribution in [0.3, 0.4) is 0 Å². The van der Waals surface area contributed by atoms with Gasteiger partial charge in [0.05, 0.1) is 5.56 Å². The number of para-hydroxylation sites is 1. The summed E-state index contributed by atoms with van der Waals surface area (Å²) in [6.45, 7) is 5.57. The third kappa shape index (κ3) is 3.02. The van der Waals surface area contributed by atoms with E-state index in [4.69, 9.17) is 0 Å². The van der Waals surface area contributed by atoms with E-state index in [1.54, 1.807) is 4.90 Å². The lowest BCUT2D eigenvalue weighted by Crippen LogP contribution is -2.48. The Labute approximate surface area is 176 Å². The average molecular weight is 494 g/mol. The van der Waals surface area contributed by atoms with E-state index in [1.807, 2.05) is 67.6 Å². The van der Waals surface area contributed by atoms with Gasteiger partial charge in [0, 0.05) is 32.1 Å². The van der Waals surface area contributed by atoms with E-state index in [0.717, 1.165) is 16.5 Å². The summed E-state index contributed by atoms with van der Waals surface area (Å²) < 4.78 is 30.5. The van der Waals surface area contributed by atoms with E-state index in [0.29, 0.717) is 15.7 Å². The molecule has 4 rings (SSSR count). The number of rotatable bonds is 2. The fraction of sp³-hybridized carbons (Fsp3) is 0.318. The van der Waals surface area contributed by atoms with Gasteiger partial charge in [0.2, 0.25) is 5.91 Å². The fourth-order valence-electron chi connectivity index (χ4n) is 4.20. The summed E-state index contributed by atoms with van der Waals surface area (Å²) in [6.07, 6.45) is 0.641. The molecule has 0 spiro atoms. The molecule has 2 heterocycles. The topological polar surface area (TPSA) is 36.1 Å². The number of hydrogen-bond donors (Lipinski definition) is 1. The highest BCUT2D eigenvalue weighted by atomic mass is 127. The maximum atomic E-state index is 15.0. The van der Waals surface area contributed by atoms with Crippen LogP contribution >= 0.6 is 22.6 Å². The fourth-order valence-corrected chi connectivity index (χ4v) is 4.75. The van der Waals surface area contributed by atoms with E-state index in [2.05, 4.69) is 4.98 Å². The number of carbonyl (C=O) groups is 1. The molecule has 1 N–H and O–H groups in total. The average Bonchev–Trinajstić information content (AvgIpc) is 2.98. The minimum Gasteiger partial charge on any atom is -0.356 e. The summed E-state index contributed by atoms with van der Waals surface area (Å²) >= 11 is 1.90. The van der Waals surface area contributed by atoms with Crippen LogP contribution in [0.1, 0.15) is 43.6 Å². The Morgan fingerprint density at radius 1 is 1.21 bits per heavy atom. The number of amides is 1. The van der Waals surface area contributed by atoms with Crippen LogP contribution in [-0.4, -0.2) is 21.8 Å². The molecule has 1 aromatic heterocycles. The third-order valence-corrected chi connectivity index (χ3v) is 6.06. The molecule has 0 radical (unpaired) electrons. The number of halogens is 3. The maximum absolute atomic E-state index is 15.0. The number of hydrogen-bond acceptors (Lipinski definition) is 1. The molecule has 0 saturated carbocycles. The Bertz CT molecular complexity index is 1050. The third-order valence-electron chi connectivity index (χ3n) is 5.44. The summed E-state index contributed by atoms with van der Waals surface area (Å²) in [5, 5.41) is 1.04. The predicted molar refractivity (Wildman–Crippen MR) is 114 cm³/mol. The van der Waals surface area contributed by atoms with Crippen LogP contribution in [0, 0.1) is 21.1 Å². The van der Waals surface area contributed by atoms with Crippen LogP contribution < -0.4 is 0 Å². The molecule has 6 heteroatoms. The van der Waals surface area contributed by atoms with Crippen molar-refractivity contribution >= 4 is 39.4 Å². The molecule has 2 atom stereocenters. The van der Waals surface area contributed by atoms with Crippen LogP contribution in [0.15, 0.2) is 36.4 Å². The number of fused-ring (bicyclic) bond motifs is 3. The first-order chi connectivity index (χ1) is 13.3. The van der Waals surface area contributed by atoms with Crippen molar-refractivity contribution in [2.75, 3.05) is 0 Å². The number of aromatic nitrogens is 1. The lowest BCUT2D eigenvalue weighted by atomic mass is 9.87. The second-order valence-corrected chi connectivity index (χ2v) is 8.95. The maximum Gasteiger partial charge on any atom is 0.226 e. The molecule has 146 valence electrons. The van der Waals surface area contributed by atoms with Gasteiger partial charge in [0.15, 0.2) is 0 Å². The number of aromatic amines is 1. The van der Waals surface area contributed by atoms with E-state index in [9.17, 15) is 4.79 Å². The monoisotopic (exact) mass is 494 g/mol. The minimum absolute atomic E-state index is 0.0752. The van der Waals surface area contributed by atoms with E-state index in [1.165, 1.54) is 12.1 Å². The summed E-state index contributed by atoms with van der Waals surface area (Å²) in [4.78, 5) is 18.1. The number of H-pyrrole nitrogens is 1. The van der Waals surface area contributed by atoms with Crippen molar-refractivity contribution in [3.05, 3.63) is 68.4 Å². The lowest BCUT2D eigenvalue weighted by molar-refractivity contribution is -0.139. The van der Waals surface area contributed by atoms with Crippen molar-refractivity contribution in [3.8, 4) is 0 Å². The van der Waals surface area contributed by atoms with Gasteiger partial charge >= 0.3 is 0 Å². The minimum atomic E-state index is -0.821. The van der Waals surface area contributed by atoms with Gasteiger partial charge in [0.1, 0.15) is 17.7 Å². The van der Waals surface area contributed by atoms with Crippen LogP contribution in [0.25, 0.3) is 10.9 Å². The molecule has 3 aromatic rings. The largest absolute Gasteiger partial charge is 0.356 e. The molecule has 1 aliphatic rings. The van der Waals surface area contributed by atoms with Gasteiger partial charge < -0.3 is 9.88 Å². The highest BCUT2D eigenvalue weighted by molar-refractivity contribution is 14.1. The molecule has 28 heavy (non-hydrogen) atoms. The van der Waals surface area contributed by atoms with Gasteiger partial charge in [-0.3, -0.25) is 4.79 Å². The zero-order valence-electron chi connectivity index (χ0n) is 15.9. The second-order valence-electron chi connectivity index (χ2n) is 7.70. The normalized spacial score (nSPS) is 19.3. The number of nitrogens with zero attached hydrogens (tertiary/aromatic N) is 1. The van der Waals surface area contributed by atoms with E-state index < -0.39 is 17.7 Å². The Morgan fingerprint density at radius 3 is 2.50 bits per heavy atom. The Kier molecular flexibility index (Phi) is 4.93. The van der Waals surface area contributed by atoms with Crippen LogP contribution in [0.5, 0.6) is 0 Å². The summed E-state index contributed by atoms with van der Waals surface area (Å²) in [7, 11) is 0. The molecule has 1 aliphatic heterocycles. The number of carbonyl (C=O) groups excluding carboxylic acids is 1. The zero-order valence-corrected chi connectivity index (χ0v) is 18.1. The van der Waals surface area contributed by atoms with Crippen LogP contribution in [0.4, 0.5) is 8.78 Å². The molecule has 0 saturated heterocycles. The predicted octanol–water partition coefficient (Wildman–Crippen LogP) is 5.57. The quantitative estimate of drug-likeness (QED) is 0.465. The number of benzene rings is 2. The molecule has 1 unspecified atom stereocenters. The van der Waals surface area contributed by atoms with Crippen LogP contribution in [0.2, 0.25) is 0 Å². The summed E-state index contributed by atoms with van der Waals surface area (Å²) in [6, 6.07) is 9.47. The van der Waals surface area contributed by atoms with Gasteiger partial charge in [0.25, 0.3) is 0 Å². The molecule has 0 aliphatic carbocycles. The van der Waals surface area contributed by atoms with Crippen molar-refractivity contribution in [1.82, 2.24) is 9.88 Å². The zero-order chi connectivity index (χ0) is 20.2. The molecule has 1 amide bonds. The van der Waals surface area contributed by atoms with Gasteiger partial charge in [-0.15, -0.1) is 0 Å². The first-order valence-electron chi connectivity index (χ1n) is 9.35. The molecule has 0 bridgehead atoms. The molecular weight excluding hydrogens is 473 g/mol. The Morgan fingerprint density at radius 2 is 1.86 bits per heavy atom. The van der Waals surface area contributed by atoms with Gasteiger partial charge in [-0.1, -0.05) is 32.0 Å². The Hall–Kier alpha value is -1.96. The molecule has 2 aromatic carbocycles.